The fraction of sp³-hybridized carbons (Fsp3) is 0.667. The normalized spacial score (nSPS) is 27.5. The van der Waals surface area contributed by atoms with Gasteiger partial charge in [-0.3, -0.25) is 0 Å². The fourth-order valence-corrected chi connectivity index (χ4v) is 3.43. The Morgan fingerprint density at radius 2 is 1.85 bits per heavy atom. The van der Waals surface area contributed by atoms with Crippen LogP contribution in [0.5, 0.6) is 0 Å². The van der Waals surface area contributed by atoms with Gasteiger partial charge in [-0.2, -0.15) is 0 Å². The molecule has 1 aromatic rings. The molecule has 1 fully saturated rings. The largest absolute Gasteiger partial charge is 0.376 e. The molecule has 0 saturated heterocycles. The summed E-state index contributed by atoms with van der Waals surface area (Å²) in [6.07, 6.45) is 4.62. The predicted octanol–water partition coefficient (Wildman–Crippen LogP) is 5.38. The summed E-state index contributed by atoms with van der Waals surface area (Å²) in [6, 6.07) is 10.9. The molecule has 1 aliphatic rings. The maximum absolute atomic E-state index is 6.53. The van der Waals surface area contributed by atoms with E-state index in [1.807, 2.05) is 0 Å². The van der Waals surface area contributed by atoms with Gasteiger partial charge in [-0.1, -0.05) is 30.3 Å². The van der Waals surface area contributed by atoms with Crippen LogP contribution in [0, 0.1) is 5.92 Å². The maximum atomic E-state index is 6.53. The first-order valence-electron chi connectivity index (χ1n) is 7.78. The molecule has 1 aliphatic carbocycles. The lowest BCUT2D eigenvalue weighted by atomic mass is 9.76. The SMILES string of the molecule is CC(C)(C)OCCC1CC(c2ccccc2)CCC1Cl. The third-order valence-electron chi connectivity index (χ3n) is 4.18. The highest BCUT2D eigenvalue weighted by Gasteiger charge is 2.30. The molecule has 0 bridgehead atoms. The van der Waals surface area contributed by atoms with Gasteiger partial charge in [0.25, 0.3) is 0 Å². The minimum absolute atomic E-state index is 0.0463. The molecule has 112 valence electrons. The third-order valence-corrected chi connectivity index (χ3v) is 4.76. The molecule has 0 aromatic heterocycles. The lowest BCUT2D eigenvalue weighted by molar-refractivity contribution is -0.0111. The number of benzene rings is 1. The summed E-state index contributed by atoms with van der Waals surface area (Å²) < 4.78 is 5.86. The van der Waals surface area contributed by atoms with Gasteiger partial charge in [-0.15, -0.1) is 11.6 Å². The minimum Gasteiger partial charge on any atom is -0.376 e. The highest BCUT2D eigenvalue weighted by Crippen LogP contribution is 2.40. The smallest absolute Gasteiger partial charge is 0.0598 e. The first kappa shape index (κ1) is 15.9. The van der Waals surface area contributed by atoms with Gasteiger partial charge in [-0.05, 0) is 63.9 Å². The third kappa shape index (κ3) is 4.79. The van der Waals surface area contributed by atoms with Crippen LogP contribution in [0.3, 0.4) is 0 Å². The summed E-state index contributed by atoms with van der Waals surface area (Å²) in [5, 5.41) is 0.318. The average molecular weight is 295 g/mol. The molecule has 0 N–H and O–H groups in total. The highest BCUT2D eigenvalue weighted by molar-refractivity contribution is 6.20. The van der Waals surface area contributed by atoms with Gasteiger partial charge < -0.3 is 4.74 Å². The van der Waals surface area contributed by atoms with Crippen molar-refractivity contribution in [3.05, 3.63) is 35.9 Å². The van der Waals surface area contributed by atoms with Crippen molar-refractivity contribution in [3.63, 3.8) is 0 Å². The van der Waals surface area contributed by atoms with E-state index in [2.05, 4.69) is 51.1 Å². The zero-order valence-electron chi connectivity index (χ0n) is 12.9. The zero-order valence-corrected chi connectivity index (χ0v) is 13.7. The van der Waals surface area contributed by atoms with Crippen LogP contribution in [0.4, 0.5) is 0 Å². The monoisotopic (exact) mass is 294 g/mol. The number of hydrogen-bond donors (Lipinski definition) is 0. The second-order valence-corrected chi connectivity index (χ2v) is 7.51. The van der Waals surface area contributed by atoms with Gasteiger partial charge in [0, 0.05) is 12.0 Å². The molecule has 20 heavy (non-hydrogen) atoms. The molecule has 0 aliphatic heterocycles. The molecule has 3 unspecified atom stereocenters. The number of alkyl halides is 1. The predicted molar refractivity (Wildman–Crippen MR) is 86.5 cm³/mol. The second kappa shape index (κ2) is 6.95. The van der Waals surface area contributed by atoms with Crippen molar-refractivity contribution in [1.29, 1.82) is 0 Å². The first-order chi connectivity index (χ1) is 9.46. The Labute approximate surface area is 128 Å². The van der Waals surface area contributed by atoms with Gasteiger partial charge in [0.05, 0.1) is 5.60 Å². The van der Waals surface area contributed by atoms with Crippen LogP contribution < -0.4 is 0 Å². The van der Waals surface area contributed by atoms with E-state index < -0.39 is 0 Å². The molecular formula is C18H27ClO. The van der Waals surface area contributed by atoms with E-state index in [4.69, 9.17) is 16.3 Å². The van der Waals surface area contributed by atoms with Crippen LogP contribution in [0.2, 0.25) is 0 Å². The second-order valence-electron chi connectivity index (χ2n) is 6.95. The number of ether oxygens (including phenoxy) is 1. The highest BCUT2D eigenvalue weighted by atomic mass is 35.5. The molecule has 0 amide bonds. The Morgan fingerprint density at radius 3 is 2.50 bits per heavy atom. The van der Waals surface area contributed by atoms with Crippen molar-refractivity contribution in [2.75, 3.05) is 6.61 Å². The number of rotatable bonds is 4. The van der Waals surface area contributed by atoms with Gasteiger partial charge in [0.15, 0.2) is 0 Å². The average Bonchev–Trinajstić information content (AvgIpc) is 2.40. The molecule has 0 heterocycles. The summed E-state index contributed by atoms with van der Waals surface area (Å²) in [5.41, 5.74) is 1.42. The molecular weight excluding hydrogens is 268 g/mol. The van der Waals surface area contributed by atoms with Crippen LogP contribution in [0.15, 0.2) is 30.3 Å². The molecule has 3 atom stereocenters. The van der Waals surface area contributed by atoms with Crippen molar-refractivity contribution in [1.82, 2.24) is 0 Å². The summed E-state index contributed by atoms with van der Waals surface area (Å²) in [4.78, 5) is 0. The Morgan fingerprint density at radius 1 is 1.15 bits per heavy atom. The molecule has 0 radical (unpaired) electrons. The van der Waals surface area contributed by atoms with Gasteiger partial charge in [0.1, 0.15) is 0 Å². The summed E-state index contributed by atoms with van der Waals surface area (Å²) in [5.74, 6) is 1.25. The maximum Gasteiger partial charge on any atom is 0.0598 e. The standard InChI is InChI=1S/C18H27ClO/c1-18(2,3)20-12-11-16-13-15(9-10-17(16)19)14-7-5-4-6-8-14/h4-8,15-17H,9-13H2,1-3H3. The molecule has 2 rings (SSSR count). The lowest BCUT2D eigenvalue weighted by Gasteiger charge is -2.34. The first-order valence-corrected chi connectivity index (χ1v) is 8.22. The number of halogens is 1. The van der Waals surface area contributed by atoms with Crippen molar-refractivity contribution in [3.8, 4) is 0 Å². The molecule has 2 heteroatoms. The van der Waals surface area contributed by atoms with E-state index in [1.165, 1.54) is 18.4 Å². The van der Waals surface area contributed by atoms with Gasteiger partial charge in [-0.25, -0.2) is 0 Å². The van der Waals surface area contributed by atoms with Crippen molar-refractivity contribution in [2.45, 2.75) is 63.4 Å². The van der Waals surface area contributed by atoms with Gasteiger partial charge in [0.2, 0.25) is 0 Å². The molecule has 1 saturated carbocycles. The van der Waals surface area contributed by atoms with E-state index in [0.29, 0.717) is 17.2 Å². The van der Waals surface area contributed by atoms with E-state index in [-0.39, 0.29) is 5.60 Å². The van der Waals surface area contributed by atoms with E-state index in [9.17, 15) is 0 Å². The zero-order chi connectivity index (χ0) is 14.6. The quantitative estimate of drug-likeness (QED) is 0.677. The number of hydrogen-bond acceptors (Lipinski definition) is 1. The molecule has 1 aromatic carbocycles. The van der Waals surface area contributed by atoms with E-state index >= 15 is 0 Å². The van der Waals surface area contributed by atoms with Crippen molar-refractivity contribution in [2.24, 2.45) is 5.92 Å². The Kier molecular flexibility index (Phi) is 5.51. The van der Waals surface area contributed by atoms with Crippen LogP contribution in [-0.2, 0) is 4.74 Å². The lowest BCUT2D eigenvalue weighted by Crippen LogP contribution is -2.27. The summed E-state index contributed by atoms with van der Waals surface area (Å²) in [7, 11) is 0. The minimum atomic E-state index is -0.0463. The summed E-state index contributed by atoms with van der Waals surface area (Å²) in [6.45, 7) is 7.15. The van der Waals surface area contributed by atoms with E-state index in [1.54, 1.807) is 0 Å². The van der Waals surface area contributed by atoms with Crippen molar-refractivity contribution < 1.29 is 4.74 Å². The Hall–Kier alpha value is -0.530. The van der Waals surface area contributed by atoms with Crippen LogP contribution in [-0.4, -0.2) is 17.6 Å². The topological polar surface area (TPSA) is 9.23 Å². The van der Waals surface area contributed by atoms with Gasteiger partial charge >= 0.3 is 0 Å². The van der Waals surface area contributed by atoms with Crippen LogP contribution >= 0.6 is 11.6 Å². The van der Waals surface area contributed by atoms with Crippen LogP contribution in [0.1, 0.15) is 57.9 Å². The van der Waals surface area contributed by atoms with Crippen LogP contribution in [0.25, 0.3) is 0 Å². The van der Waals surface area contributed by atoms with Crippen molar-refractivity contribution >= 4 is 11.6 Å². The Bertz CT molecular complexity index is 396. The fourth-order valence-electron chi connectivity index (χ4n) is 3.07. The molecule has 1 nitrogen and oxygen atoms in total. The summed E-state index contributed by atoms with van der Waals surface area (Å²) >= 11 is 6.53. The van der Waals surface area contributed by atoms with E-state index in [0.717, 1.165) is 19.4 Å². The Balaban J connectivity index is 1.88. The molecule has 0 spiro atoms.